The Balaban J connectivity index is 1.62. The maximum atomic E-state index is 12.2. The van der Waals surface area contributed by atoms with Gasteiger partial charge in [-0.15, -0.1) is 0 Å². The molecule has 0 saturated heterocycles. The zero-order valence-electron chi connectivity index (χ0n) is 17.5. The second-order valence-electron chi connectivity index (χ2n) is 6.52. The molecular weight excluding hydrogens is 398 g/mol. The fourth-order valence-corrected chi connectivity index (χ4v) is 2.79. The predicted molar refractivity (Wildman–Crippen MR) is 117 cm³/mol. The lowest BCUT2D eigenvalue weighted by Gasteiger charge is -2.12. The average molecular weight is 421 g/mol. The topological polar surface area (TPSA) is 91.7 Å². The van der Waals surface area contributed by atoms with E-state index in [2.05, 4.69) is 10.4 Å². The number of ether oxygens (including phenoxy) is 3. The Labute approximate surface area is 180 Å². The van der Waals surface area contributed by atoms with E-state index in [-0.39, 0.29) is 18.3 Å². The van der Waals surface area contributed by atoms with E-state index >= 15 is 0 Å². The molecule has 3 rings (SSSR count). The van der Waals surface area contributed by atoms with Gasteiger partial charge in [0.25, 0.3) is 5.91 Å². The van der Waals surface area contributed by atoms with Gasteiger partial charge < -0.3 is 19.5 Å². The van der Waals surface area contributed by atoms with Gasteiger partial charge in [-0.2, -0.15) is 5.10 Å². The van der Waals surface area contributed by atoms with Crippen LogP contribution in [0.15, 0.2) is 60.8 Å². The number of anilines is 1. The lowest BCUT2D eigenvalue weighted by Crippen LogP contribution is -2.20. The Kier molecular flexibility index (Phi) is 7.05. The van der Waals surface area contributed by atoms with Gasteiger partial charge in [0, 0.05) is 13.2 Å². The number of amides is 1. The standard InChI is InChI=1S/C23H23N3O5/c1-26-13-12-17(25-26)19(27)10-8-16-9-11-21(22(14-16)30-3)31-15-23(28)24-18-6-4-5-7-20(18)29-2/h4-14H,15H2,1-3H3,(H,24,28)/b10-8+. The van der Waals surface area contributed by atoms with Crippen molar-refractivity contribution < 1.29 is 23.8 Å². The number of para-hydroxylation sites is 2. The Morgan fingerprint density at radius 2 is 1.81 bits per heavy atom. The number of carbonyl (C=O) groups is 2. The number of nitrogens with one attached hydrogen (secondary N) is 1. The molecule has 0 bridgehead atoms. The molecule has 0 aliphatic carbocycles. The first-order valence-electron chi connectivity index (χ1n) is 9.46. The Hall–Kier alpha value is -4.07. The first kappa shape index (κ1) is 21.6. The lowest BCUT2D eigenvalue weighted by atomic mass is 10.1. The molecule has 2 aromatic carbocycles. The number of nitrogens with zero attached hydrogens (tertiary/aromatic N) is 2. The van der Waals surface area contributed by atoms with Crippen molar-refractivity contribution in [3.05, 3.63) is 72.1 Å². The number of aromatic nitrogens is 2. The fraction of sp³-hybridized carbons (Fsp3) is 0.174. The third-order valence-electron chi connectivity index (χ3n) is 4.32. The van der Waals surface area contributed by atoms with Crippen LogP contribution in [0.2, 0.25) is 0 Å². The van der Waals surface area contributed by atoms with Crippen LogP contribution < -0.4 is 19.5 Å². The number of carbonyl (C=O) groups excluding carboxylic acids is 2. The van der Waals surface area contributed by atoms with Crippen LogP contribution in [0.3, 0.4) is 0 Å². The van der Waals surface area contributed by atoms with Gasteiger partial charge in [-0.1, -0.05) is 24.3 Å². The van der Waals surface area contributed by atoms with Gasteiger partial charge in [0.2, 0.25) is 5.78 Å². The van der Waals surface area contributed by atoms with Gasteiger partial charge in [-0.05, 0) is 42.0 Å². The van der Waals surface area contributed by atoms with Gasteiger partial charge in [-0.25, -0.2) is 0 Å². The SMILES string of the molecule is COc1ccccc1NC(=O)COc1ccc(/C=C/C(=O)c2ccn(C)n2)cc1OC. The van der Waals surface area contributed by atoms with Gasteiger partial charge in [0.15, 0.2) is 18.1 Å². The third kappa shape index (κ3) is 5.72. The molecule has 1 amide bonds. The highest BCUT2D eigenvalue weighted by Crippen LogP contribution is 2.29. The van der Waals surface area contributed by atoms with Gasteiger partial charge in [-0.3, -0.25) is 14.3 Å². The van der Waals surface area contributed by atoms with Crippen molar-refractivity contribution >= 4 is 23.5 Å². The van der Waals surface area contributed by atoms with Crippen molar-refractivity contribution in [1.29, 1.82) is 0 Å². The molecule has 0 unspecified atom stereocenters. The first-order valence-corrected chi connectivity index (χ1v) is 9.46. The molecule has 0 atom stereocenters. The number of rotatable bonds is 9. The summed E-state index contributed by atoms with van der Waals surface area (Å²) in [6.07, 6.45) is 4.82. The minimum Gasteiger partial charge on any atom is -0.495 e. The monoisotopic (exact) mass is 421 g/mol. The molecule has 8 nitrogen and oxygen atoms in total. The van der Waals surface area contributed by atoms with Crippen molar-refractivity contribution in [2.75, 3.05) is 26.1 Å². The molecule has 1 N–H and O–H groups in total. The Morgan fingerprint density at radius 3 is 2.52 bits per heavy atom. The zero-order chi connectivity index (χ0) is 22.2. The number of hydrogen-bond acceptors (Lipinski definition) is 6. The van der Waals surface area contributed by atoms with Crippen LogP contribution in [-0.2, 0) is 11.8 Å². The highest BCUT2D eigenvalue weighted by molar-refractivity contribution is 6.05. The average Bonchev–Trinajstić information content (AvgIpc) is 3.23. The highest BCUT2D eigenvalue weighted by Gasteiger charge is 2.11. The molecule has 1 heterocycles. The van der Waals surface area contributed by atoms with E-state index < -0.39 is 0 Å². The quantitative estimate of drug-likeness (QED) is 0.421. The summed E-state index contributed by atoms with van der Waals surface area (Å²) in [4.78, 5) is 24.4. The Morgan fingerprint density at radius 1 is 1.03 bits per heavy atom. The number of ketones is 1. The molecule has 0 saturated carbocycles. The van der Waals surface area contributed by atoms with E-state index in [0.717, 1.165) is 5.56 Å². The van der Waals surface area contributed by atoms with Crippen LogP contribution in [0.4, 0.5) is 5.69 Å². The predicted octanol–water partition coefficient (Wildman–Crippen LogP) is 3.35. The minimum atomic E-state index is -0.337. The molecule has 0 aliphatic heterocycles. The highest BCUT2D eigenvalue weighted by atomic mass is 16.5. The number of hydrogen-bond donors (Lipinski definition) is 1. The van der Waals surface area contributed by atoms with Gasteiger partial charge in [0.05, 0.1) is 19.9 Å². The smallest absolute Gasteiger partial charge is 0.262 e. The number of benzene rings is 2. The van der Waals surface area contributed by atoms with Crippen LogP contribution in [-0.4, -0.2) is 42.3 Å². The van der Waals surface area contributed by atoms with Crippen LogP contribution in [0.1, 0.15) is 16.1 Å². The largest absolute Gasteiger partial charge is 0.495 e. The van der Waals surface area contributed by atoms with E-state index in [9.17, 15) is 9.59 Å². The molecule has 1 aromatic heterocycles. The van der Waals surface area contributed by atoms with Crippen LogP contribution in [0.25, 0.3) is 6.08 Å². The van der Waals surface area contributed by atoms with E-state index in [1.165, 1.54) is 20.3 Å². The molecule has 8 heteroatoms. The third-order valence-corrected chi connectivity index (χ3v) is 4.32. The summed E-state index contributed by atoms with van der Waals surface area (Å²) in [7, 11) is 4.79. The second-order valence-corrected chi connectivity index (χ2v) is 6.52. The van der Waals surface area contributed by atoms with E-state index in [1.54, 1.807) is 66.5 Å². The van der Waals surface area contributed by atoms with E-state index in [4.69, 9.17) is 14.2 Å². The van der Waals surface area contributed by atoms with Crippen molar-refractivity contribution in [3.63, 3.8) is 0 Å². The number of aryl methyl sites for hydroxylation is 1. The molecular formula is C23H23N3O5. The van der Waals surface area contributed by atoms with Crippen molar-refractivity contribution in [1.82, 2.24) is 9.78 Å². The molecule has 0 fully saturated rings. The summed E-state index contributed by atoms with van der Waals surface area (Å²) in [6.45, 7) is -0.207. The summed E-state index contributed by atoms with van der Waals surface area (Å²) in [6, 6.07) is 13.9. The second kappa shape index (κ2) is 10.1. The van der Waals surface area contributed by atoms with E-state index in [0.29, 0.717) is 28.6 Å². The maximum absolute atomic E-state index is 12.2. The molecule has 31 heavy (non-hydrogen) atoms. The molecule has 0 spiro atoms. The minimum absolute atomic E-state index is 0.201. The summed E-state index contributed by atoms with van der Waals surface area (Å²) in [5.41, 5.74) is 1.67. The lowest BCUT2D eigenvalue weighted by molar-refractivity contribution is -0.118. The van der Waals surface area contributed by atoms with Crippen LogP contribution >= 0.6 is 0 Å². The molecule has 0 radical (unpaired) electrons. The summed E-state index contributed by atoms with van der Waals surface area (Å²) in [5, 5.41) is 6.82. The molecule has 160 valence electrons. The van der Waals surface area contributed by atoms with Crippen LogP contribution in [0.5, 0.6) is 17.2 Å². The molecule has 0 aliphatic rings. The van der Waals surface area contributed by atoms with Crippen molar-refractivity contribution in [2.24, 2.45) is 7.05 Å². The maximum Gasteiger partial charge on any atom is 0.262 e. The van der Waals surface area contributed by atoms with Crippen molar-refractivity contribution in [2.45, 2.75) is 0 Å². The van der Waals surface area contributed by atoms with E-state index in [1.807, 2.05) is 6.07 Å². The van der Waals surface area contributed by atoms with Gasteiger partial charge >= 0.3 is 0 Å². The van der Waals surface area contributed by atoms with Crippen LogP contribution in [0, 0.1) is 0 Å². The zero-order valence-corrected chi connectivity index (χ0v) is 17.5. The summed E-state index contributed by atoms with van der Waals surface area (Å²) < 4.78 is 17.7. The number of allylic oxidation sites excluding steroid dienone is 1. The summed E-state index contributed by atoms with van der Waals surface area (Å²) >= 11 is 0. The van der Waals surface area contributed by atoms with Crippen molar-refractivity contribution in [3.8, 4) is 17.2 Å². The first-order chi connectivity index (χ1) is 15.0. The Bertz CT molecular complexity index is 1100. The van der Waals surface area contributed by atoms with Gasteiger partial charge in [0.1, 0.15) is 11.4 Å². The molecule has 3 aromatic rings. The normalized spacial score (nSPS) is 10.7. The fourth-order valence-electron chi connectivity index (χ4n) is 2.79. The number of methoxy groups -OCH3 is 2. The summed E-state index contributed by atoms with van der Waals surface area (Å²) in [5.74, 6) is 0.873.